The van der Waals surface area contributed by atoms with Gasteiger partial charge >= 0.3 is 0 Å². The number of imidazole rings is 1. The maximum atomic E-state index is 7.97. The van der Waals surface area contributed by atoms with E-state index in [1.165, 1.54) is 5.56 Å². The summed E-state index contributed by atoms with van der Waals surface area (Å²) in [6.45, 7) is 19.4. The first kappa shape index (κ1) is 33.6. The lowest BCUT2D eigenvalue weighted by atomic mass is 9.83. The fraction of sp³-hybridized carbons (Fsp3) is 0.327. The Balaban J connectivity index is 1.31. The normalized spacial score (nSPS) is 15.2. The maximum Gasteiger partial charge on any atom is 0.298 e. The molecular weight excluding hydrogens is 689 g/mol. The van der Waals surface area contributed by atoms with E-state index in [1.54, 1.807) is 6.07 Å². The van der Waals surface area contributed by atoms with Crippen molar-refractivity contribution < 1.29 is 13.1 Å². The summed E-state index contributed by atoms with van der Waals surface area (Å²) in [6.07, 6.45) is 9.46. The molecule has 0 amide bonds. The summed E-state index contributed by atoms with van der Waals surface area (Å²) in [4.78, 5) is 19.4. The predicted octanol–water partition coefficient (Wildman–Crippen LogP) is 11.5. The van der Waals surface area contributed by atoms with Gasteiger partial charge in [-0.2, -0.15) is 4.57 Å². The summed E-state index contributed by atoms with van der Waals surface area (Å²) in [5.74, 6) is 3.27. The van der Waals surface area contributed by atoms with Crippen LogP contribution in [-0.4, -0.2) is 24.5 Å². The van der Waals surface area contributed by atoms with Crippen LogP contribution in [-0.2, 0) is 23.3 Å². The minimum Gasteiger partial charge on any atom is -0.437 e. The van der Waals surface area contributed by atoms with E-state index in [1.807, 2.05) is 12.1 Å². The summed E-state index contributed by atoms with van der Waals surface area (Å²) in [5.41, 5.74) is 9.91. The van der Waals surface area contributed by atoms with E-state index >= 15 is 0 Å². The third kappa shape index (κ3) is 6.47. The van der Waals surface area contributed by atoms with Crippen molar-refractivity contribution >= 4 is 44.2 Å². The Kier molecular flexibility index (Phi) is 7.94. The smallest absolute Gasteiger partial charge is 0.298 e. The second-order valence-corrected chi connectivity index (χ2v) is 18.2. The highest BCUT2D eigenvalue weighted by molar-refractivity contribution is 6.09. The highest BCUT2D eigenvalue weighted by atomic mass is 16.3. The van der Waals surface area contributed by atoms with Gasteiger partial charge in [-0.05, 0) is 78.7 Å². The number of rotatable bonds is 4. The molecule has 0 aliphatic heterocycles. The van der Waals surface area contributed by atoms with Gasteiger partial charge in [0.15, 0.2) is 22.4 Å². The van der Waals surface area contributed by atoms with Gasteiger partial charge in [-0.1, -0.05) is 117 Å². The summed E-state index contributed by atoms with van der Waals surface area (Å²) < 4.78 is 35.1. The number of hydrogen-bond acceptors (Lipinski definition) is 5. The largest absolute Gasteiger partial charge is 0.437 e. The van der Waals surface area contributed by atoms with Crippen molar-refractivity contribution in [2.24, 2.45) is 7.05 Å². The van der Waals surface area contributed by atoms with Gasteiger partial charge in [-0.25, -0.2) is 24.5 Å². The van der Waals surface area contributed by atoms with Crippen LogP contribution in [0.5, 0.6) is 0 Å². The predicted molar refractivity (Wildman–Crippen MR) is 230 cm³/mol. The van der Waals surface area contributed by atoms with Crippen molar-refractivity contribution in [1.29, 1.82) is 0 Å². The molecule has 8 rings (SSSR count). The highest BCUT2D eigenvalue weighted by Crippen LogP contribution is 2.41. The third-order valence-electron chi connectivity index (χ3n) is 10.7. The van der Waals surface area contributed by atoms with E-state index in [9.17, 15) is 0 Å². The standard InChI is InChI=1S/C49H53N6O/c1-29-20-25-34-35-26-21-30(2)50-43(35)56-41(34)40(29)44-54(12)38-18-13-14-19-39(38)55(44)37-27-24-33(28-36(37)47(3,4)5)31-16-15-17-32(23-22-31)42-51-45(48(6,7)8)53-46(52-42)49(9,10)11/h13-16,18-28H,17H2,1-12H3/q+1/i2D3. The molecule has 0 N–H and O–H groups in total. The second kappa shape index (κ2) is 13.2. The van der Waals surface area contributed by atoms with Crippen LogP contribution in [0.15, 0.2) is 95.5 Å². The number of furan rings is 1. The zero-order valence-electron chi connectivity index (χ0n) is 37.5. The number of aryl methyl sites for hydroxylation is 3. The molecule has 0 unspecified atom stereocenters. The van der Waals surface area contributed by atoms with Gasteiger partial charge in [0.1, 0.15) is 22.9 Å². The van der Waals surface area contributed by atoms with Gasteiger partial charge < -0.3 is 4.42 Å². The average Bonchev–Trinajstić information content (AvgIpc) is 3.54. The molecule has 0 radical (unpaired) electrons. The molecule has 0 spiro atoms. The molecular formula is C49H53N6O+. The number of allylic oxidation sites excluding steroid dienone is 6. The second-order valence-electron chi connectivity index (χ2n) is 18.2. The van der Waals surface area contributed by atoms with Crippen molar-refractivity contribution in [1.82, 2.24) is 24.5 Å². The summed E-state index contributed by atoms with van der Waals surface area (Å²) in [6, 6.07) is 22.8. The molecule has 0 bridgehead atoms. The van der Waals surface area contributed by atoms with E-state index < -0.39 is 6.85 Å². The number of nitrogens with zero attached hydrogens (tertiary/aromatic N) is 6. The van der Waals surface area contributed by atoms with Crippen LogP contribution in [0.3, 0.4) is 0 Å². The first-order valence-electron chi connectivity index (χ1n) is 20.9. The monoisotopic (exact) mass is 744 g/mol. The lowest BCUT2D eigenvalue weighted by molar-refractivity contribution is -0.633. The summed E-state index contributed by atoms with van der Waals surface area (Å²) in [5, 5.41) is 1.66. The Hall–Kier alpha value is -5.69. The van der Waals surface area contributed by atoms with Crippen molar-refractivity contribution in [2.45, 2.75) is 98.8 Å². The quantitative estimate of drug-likeness (QED) is 0.168. The van der Waals surface area contributed by atoms with Crippen molar-refractivity contribution in [2.75, 3.05) is 0 Å². The molecule has 7 nitrogen and oxygen atoms in total. The average molecular weight is 745 g/mol. The minimum atomic E-state index is -2.35. The van der Waals surface area contributed by atoms with E-state index in [-0.39, 0.29) is 21.9 Å². The Labute approximate surface area is 334 Å². The van der Waals surface area contributed by atoms with E-state index in [0.717, 1.165) is 78.6 Å². The van der Waals surface area contributed by atoms with Crippen molar-refractivity contribution in [3.05, 3.63) is 131 Å². The SMILES string of the molecule is [2H]C([2H])([2H])c1ccc2c(n1)oc1c(-c3n(-c4ccc(C5=CC=C(c6nc(C(C)(C)C)nc(C(C)(C)C)n6)CC=C5)cc4C(C)(C)C)c4ccccc4[n+]3C)c(C)ccc12. The molecule has 4 heterocycles. The molecule has 0 atom stereocenters. The molecule has 0 saturated carbocycles. The Morgan fingerprint density at radius 1 is 0.768 bits per heavy atom. The summed E-state index contributed by atoms with van der Waals surface area (Å²) in [7, 11) is 2.09. The molecule has 4 aromatic heterocycles. The van der Waals surface area contributed by atoms with Crippen LogP contribution < -0.4 is 4.57 Å². The van der Waals surface area contributed by atoms with Gasteiger partial charge in [0.25, 0.3) is 5.82 Å². The van der Waals surface area contributed by atoms with Gasteiger partial charge in [0, 0.05) is 42.5 Å². The lowest BCUT2D eigenvalue weighted by Crippen LogP contribution is -2.30. The maximum absolute atomic E-state index is 7.97. The first-order chi connectivity index (χ1) is 27.6. The Morgan fingerprint density at radius 3 is 2.18 bits per heavy atom. The number of fused-ring (bicyclic) bond motifs is 4. The van der Waals surface area contributed by atoms with E-state index in [0.29, 0.717) is 17.7 Å². The number of para-hydroxylation sites is 2. The molecule has 1 aliphatic carbocycles. The lowest BCUT2D eigenvalue weighted by Gasteiger charge is -2.23. The van der Waals surface area contributed by atoms with Crippen LogP contribution in [0.1, 0.15) is 113 Å². The van der Waals surface area contributed by atoms with Gasteiger partial charge in [-0.3, -0.25) is 0 Å². The minimum absolute atomic E-state index is 0.0114. The molecule has 0 fully saturated rings. The molecule has 7 aromatic rings. The topological polar surface area (TPSA) is 73.5 Å². The molecule has 284 valence electrons. The van der Waals surface area contributed by atoms with Gasteiger partial charge in [-0.15, -0.1) is 0 Å². The fourth-order valence-corrected chi connectivity index (χ4v) is 7.62. The Bertz CT molecular complexity index is 2890. The van der Waals surface area contributed by atoms with E-state index in [2.05, 4.69) is 163 Å². The fourth-order valence-electron chi connectivity index (χ4n) is 7.62. The van der Waals surface area contributed by atoms with Gasteiger partial charge in [0.2, 0.25) is 5.71 Å². The van der Waals surface area contributed by atoms with Crippen LogP contribution in [0.25, 0.3) is 61.3 Å². The van der Waals surface area contributed by atoms with E-state index in [4.69, 9.17) is 23.5 Å². The zero-order chi connectivity index (χ0) is 42.4. The molecule has 7 heteroatoms. The number of hydrogen-bond donors (Lipinski definition) is 0. The third-order valence-corrected chi connectivity index (χ3v) is 10.7. The van der Waals surface area contributed by atoms with Crippen LogP contribution in [0.2, 0.25) is 0 Å². The first-order valence-corrected chi connectivity index (χ1v) is 19.4. The number of pyridine rings is 1. The molecule has 56 heavy (non-hydrogen) atoms. The molecule has 3 aromatic carbocycles. The van der Waals surface area contributed by atoms with Crippen LogP contribution >= 0.6 is 0 Å². The van der Waals surface area contributed by atoms with Gasteiger partial charge in [0.05, 0.1) is 7.05 Å². The highest BCUT2D eigenvalue weighted by Gasteiger charge is 2.34. The zero-order valence-corrected chi connectivity index (χ0v) is 34.5. The van der Waals surface area contributed by atoms with Crippen molar-refractivity contribution in [3.63, 3.8) is 0 Å². The summed E-state index contributed by atoms with van der Waals surface area (Å²) >= 11 is 0. The molecule has 0 saturated heterocycles. The number of benzene rings is 3. The Morgan fingerprint density at radius 2 is 1.48 bits per heavy atom. The number of aromatic nitrogens is 6. The van der Waals surface area contributed by atoms with Crippen LogP contribution in [0.4, 0.5) is 0 Å². The van der Waals surface area contributed by atoms with Crippen molar-refractivity contribution in [3.8, 4) is 17.1 Å². The van der Waals surface area contributed by atoms with Crippen LogP contribution in [0, 0.1) is 13.8 Å². The molecule has 1 aliphatic rings.